The molecule has 3 heterocycles. The van der Waals surface area contributed by atoms with Gasteiger partial charge in [0, 0.05) is 26.6 Å². The molecule has 1 saturated heterocycles. The molecule has 1 amide bonds. The first kappa shape index (κ1) is 18.7. The Morgan fingerprint density at radius 2 is 1.89 bits per heavy atom. The molecule has 2 aliphatic heterocycles. The molecule has 1 aromatic carbocycles. The van der Waals surface area contributed by atoms with E-state index in [4.69, 9.17) is 9.47 Å². The topological polar surface area (TPSA) is 72.7 Å². The van der Waals surface area contributed by atoms with Gasteiger partial charge in [-0.05, 0) is 31.5 Å². The molecule has 28 heavy (non-hydrogen) atoms. The van der Waals surface area contributed by atoms with E-state index < -0.39 is 0 Å². The number of amides is 1. The Balaban J connectivity index is 1.59. The number of methoxy groups -OCH3 is 2. The minimum absolute atomic E-state index is 0.0848. The average Bonchev–Trinajstić information content (AvgIpc) is 3.33. The third-order valence-electron chi connectivity index (χ3n) is 5.78. The first-order chi connectivity index (χ1) is 13.6. The molecule has 0 aliphatic carbocycles. The Hall–Kier alpha value is -2.61. The SMILES string of the molecule is COc1cccc(OC)c1CN1CCCC1c1nnc2n1CCN(C(C)=O)C2. The van der Waals surface area contributed by atoms with E-state index >= 15 is 0 Å². The van der Waals surface area contributed by atoms with Crippen molar-refractivity contribution in [3.05, 3.63) is 35.4 Å². The van der Waals surface area contributed by atoms with Crippen molar-refractivity contribution in [2.24, 2.45) is 0 Å². The van der Waals surface area contributed by atoms with E-state index in [0.717, 1.165) is 61.2 Å². The van der Waals surface area contributed by atoms with Crippen LogP contribution in [0.3, 0.4) is 0 Å². The standard InChI is InChI=1S/C20H27N5O3/c1-14(26)23-10-11-25-19(13-23)21-22-20(25)16-6-5-9-24(16)12-15-17(27-2)7-4-8-18(15)28-3/h4,7-8,16H,5-6,9-13H2,1-3H3. The number of nitrogens with zero attached hydrogens (tertiary/aromatic N) is 5. The summed E-state index contributed by atoms with van der Waals surface area (Å²) in [4.78, 5) is 15.9. The van der Waals surface area contributed by atoms with Gasteiger partial charge < -0.3 is 18.9 Å². The highest BCUT2D eigenvalue weighted by atomic mass is 16.5. The summed E-state index contributed by atoms with van der Waals surface area (Å²) in [6.45, 7) is 5.33. The molecule has 1 unspecified atom stereocenters. The Morgan fingerprint density at radius 1 is 1.14 bits per heavy atom. The highest BCUT2D eigenvalue weighted by molar-refractivity contribution is 5.73. The van der Waals surface area contributed by atoms with Gasteiger partial charge in [-0.1, -0.05) is 6.07 Å². The second-order valence-corrected chi connectivity index (χ2v) is 7.34. The number of hydrogen-bond acceptors (Lipinski definition) is 6. The first-order valence-corrected chi connectivity index (χ1v) is 9.73. The monoisotopic (exact) mass is 385 g/mol. The number of rotatable bonds is 5. The maximum absolute atomic E-state index is 11.7. The normalized spacial score (nSPS) is 19.5. The molecule has 150 valence electrons. The number of carbonyl (C=O) groups excluding carboxylic acids is 1. The molecular weight excluding hydrogens is 358 g/mol. The minimum Gasteiger partial charge on any atom is -0.496 e. The van der Waals surface area contributed by atoms with Gasteiger partial charge in [-0.25, -0.2) is 0 Å². The van der Waals surface area contributed by atoms with Gasteiger partial charge in [0.05, 0.1) is 32.4 Å². The van der Waals surface area contributed by atoms with E-state index in [-0.39, 0.29) is 11.9 Å². The molecule has 1 fully saturated rings. The molecule has 1 aromatic heterocycles. The number of hydrogen-bond donors (Lipinski definition) is 0. The Bertz CT molecular complexity index is 843. The van der Waals surface area contributed by atoms with Crippen LogP contribution in [-0.4, -0.2) is 57.8 Å². The fraction of sp³-hybridized carbons (Fsp3) is 0.550. The van der Waals surface area contributed by atoms with Crippen molar-refractivity contribution in [3.63, 3.8) is 0 Å². The van der Waals surface area contributed by atoms with E-state index in [0.29, 0.717) is 13.1 Å². The molecule has 0 N–H and O–H groups in total. The zero-order valence-corrected chi connectivity index (χ0v) is 16.7. The van der Waals surface area contributed by atoms with Crippen LogP contribution in [0.1, 0.15) is 43.0 Å². The average molecular weight is 385 g/mol. The predicted octanol–water partition coefficient (Wildman–Crippen LogP) is 1.99. The van der Waals surface area contributed by atoms with Gasteiger partial charge in [0.25, 0.3) is 0 Å². The molecule has 8 heteroatoms. The number of benzene rings is 1. The summed E-state index contributed by atoms with van der Waals surface area (Å²) in [7, 11) is 3.38. The zero-order valence-electron chi connectivity index (χ0n) is 16.7. The maximum Gasteiger partial charge on any atom is 0.219 e. The van der Waals surface area contributed by atoms with E-state index in [1.807, 2.05) is 23.1 Å². The number of aromatic nitrogens is 3. The second-order valence-electron chi connectivity index (χ2n) is 7.34. The van der Waals surface area contributed by atoms with Gasteiger partial charge in [-0.3, -0.25) is 9.69 Å². The Morgan fingerprint density at radius 3 is 2.57 bits per heavy atom. The van der Waals surface area contributed by atoms with Gasteiger partial charge in [0.2, 0.25) is 5.91 Å². The van der Waals surface area contributed by atoms with Gasteiger partial charge >= 0.3 is 0 Å². The van der Waals surface area contributed by atoms with Crippen molar-refractivity contribution in [1.82, 2.24) is 24.6 Å². The summed E-state index contributed by atoms with van der Waals surface area (Å²) in [5, 5.41) is 8.91. The Labute approximate surface area is 165 Å². The number of ether oxygens (including phenoxy) is 2. The lowest BCUT2D eigenvalue weighted by atomic mass is 10.1. The van der Waals surface area contributed by atoms with Gasteiger partial charge in [0.1, 0.15) is 11.5 Å². The molecule has 8 nitrogen and oxygen atoms in total. The number of carbonyl (C=O) groups is 1. The van der Waals surface area contributed by atoms with Crippen molar-refractivity contribution in [2.75, 3.05) is 27.3 Å². The minimum atomic E-state index is 0.0848. The molecule has 0 spiro atoms. The third-order valence-corrected chi connectivity index (χ3v) is 5.78. The van der Waals surface area contributed by atoms with Gasteiger partial charge in [-0.15, -0.1) is 10.2 Å². The van der Waals surface area contributed by atoms with Gasteiger partial charge in [-0.2, -0.15) is 0 Å². The second kappa shape index (κ2) is 7.79. The molecule has 1 atom stereocenters. The summed E-state index contributed by atoms with van der Waals surface area (Å²) in [5.41, 5.74) is 1.06. The molecular formula is C20H27N5O3. The highest BCUT2D eigenvalue weighted by Crippen LogP contribution is 2.37. The van der Waals surface area contributed by atoms with E-state index in [1.165, 1.54) is 0 Å². The van der Waals surface area contributed by atoms with Crippen molar-refractivity contribution >= 4 is 5.91 Å². The van der Waals surface area contributed by atoms with Gasteiger partial charge in [0.15, 0.2) is 11.6 Å². The van der Waals surface area contributed by atoms with Crippen molar-refractivity contribution in [2.45, 2.75) is 45.4 Å². The van der Waals surface area contributed by atoms with Crippen LogP contribution >= 0.6 is 0 Å². The summed E-state index contributed by atoms with van der Waals surface area (Å²) in [5.74, 6) is 3.64. The number of fused-ring (bicyclic) bond motifs is 1. The lowest BCUT2D eigenvalue weighted by molar-refractivity contribution is -0.130. The first-order valence-electron chi connectivity index (χ1n) is 9.73. The quantitative estimate of drug-likeness (QED) is 0.784. The van der Waals surface area contributed by atoms with Crippen LogP contribution < -0.4 is 9.47 Å². The Kier molecular flexibility index (Phi) is 5.21. The zero-order chi connectivity index (χ0) is 19.7. The molecule has 2 aliphatic rings. The fourth-order valence-electron chi connectivity index (χ4n) is 4.29. The van der Waals surface area contributed by atoms with Crippen LogP contribution in [0.25, 0.3) is 0 Å². The molecule has 2 aromatic rings. The highest BCUT2D eigenvalue weighted by Gasteiger charge is 2.33. The third kappa shape index (κ3) is 3.32. The summed E-state index contributed by atoms with van der Waals surface area (Å²) < 4.78 is 13.3. The number of likely N-dealkylation sites (tertiary alicyclic amines) is 1. The van der Waals surface area contributed by atoms with Crippen LogP contribution in [0.4, 0.5) is 0 Å². The van der Waals surface area contributed by atoms with Crippen molar-refractivity contribution < 1.29 is 14.3 Å². The van der Waals surface area contributed by atoms with E-state index in [9.17, 15) is 4.79 Å². The maximum atomic E-state index is 11.7. The van der Waals surface area contributed by atoms with Crippen LogP contribution in [-0.2, 0) is 24.4 Å². The largest absolute Gasteiger partial charge is 0.496 e. The molecule has 4 rings (SSSR count). The lowest BCUT2D eigenvalue weighted by Crippen LogP contribution is -2.38. The van der Waals surface area contributed by atoms with Crippen molar-refractivity contribution in [1.29, 1.82) is 0 Å². The van der Waals surface area contributed by atoms with E-state index in [2.05, 4.69) is 19.7 Å². The summed E-state index contributed by atoms with van der Waals surface area (Å²) in [6.07, 6.45) is 2.16. The van der Waals surface area contributed by atoms with Crippen LogP contribution in [0.2, 0.25) is 0 Å². The van der Waals surface area contributed by atoms with Crippen molar-refractivity contribution in [3.8, 4) is 11.5 Å². The fourth-order valence-corrected chi connectivity index (χ4v) is 4.29. The summed E-state index contributed by atoms with van der Waals surface area (Å²) >= 11 is 0. The predicted molar refractivity (Wildman–Crippen MR) is 103 cm³/mol. The van der Waals surface area contributed by atoms with Crippen LogP contribution in [0, 0.1) is 0 Å². The smallest absolute Gasteiger partial charge is 0.219 e. The summed E-state index contributed by atoms with van der Waals surface area (Å²) in [6, 6.07) is 6.09. The van der Waals surface area contributed by atoms with Crippen LogP contribution in [0.15, 0.2) is 18.2 Å². The van der Waals surface area contributed by atoms with Crippen LogP contribution in [0.5, 0.6) is 11.5 Å². The molecule has 0 saturated carbocycles. The van der Waals surface area contributed by atoms with E-state index in [1.54, 1.807) is 21.1 Å². The lowest BCUT2D eigenvalue weighted by Gasteiger charge is -2.29. The molecule has 0 bridgehead atoms. The molecule has 0 radical (unpaired) electrons.